The first-order valence-electron chi connectivity index (χ1n) is 10.5. The summed E-state index contributed by atoms with van der Waals surface area (Å²) in [6.45, 7) is 12.2. The van der Waals surface area contributed by atoms with Crippen LogP contribution in [0.2, 0.25) is 0 Å². The smallest absolute Gasteiger partial charge is 0.408 e. The fraction of sp³-hybridized carbons (Fsp3) is 0.500. The van der Waals surface area contributed by atoms with E-state index in [0.717, 1.165) is 10.5 Å². The molecule has 33 heavy (non-hydrogen) atoms. The lowest BCUT2D eigenvalue weighted by Crippen LogP contribution is -2.54. The molecule has 0 spiro atoms. The number of terminal acetylenes is 1. The summed E-state index contributed by atoms with van der Waals surface area (Å²) in [5.74, 6) is -2.21. The first-order valence-corrected chi connectivity index (χ1v) is 10.5. The summed E-state index contributed by atoms with van der Waals surface area (Å²) in [6.07, 6.45) is 4.21. The maximum absolute atomic E-state index is 13.4. The Balaban J connectivity index is 3.41. The number of carbonyl (C=O) groups excluding carboxylic acids is 4. The molecule has 1 rings (SSSR count). The van der Waals surface area contributed by atoms with Gasteiger partial charge in [0.25, 0.3) is 5.91 Å². The highest BCUT2D eigenvalue weighted by molar-refractivity contribution is 5.95. The Bertz CT molecular complexity index is 937. The van der Waals surface area contributed by atoms with Gasteiger partial charge in [-0.05, 0) is 54.0 Å². The maximum atomic E-state index is 13.4. The number of nitrogens with one attached hydrogen (secondary N) is 2. The fourth-order valence-electron chi connectivity index (χ4n) is 2.98. The first kappa shape index (κ1) is 27.5. The molecule has 0 radical (unpaired) electrons. The topological polar surface area (TPSA) is 131 Å². The molecule has 180 valence electrons. The summed E-state index contributed by atoms with van der Waals surface area (Å²) < 4.78 is 5.18. The summed E-state index contributed by atoms with van der Waals surface area (Å²) in [7, 11) is 0. The summed E-state index contributed by atoms with van der Waals surface area (Å²) in [4.78, 5) is 51.4. The molecule has 0 bridgehead atoms. The van der Waals surface area contributed by atoms with Crippen LogP contribution in [0.1, 0.15) is 65.1 Å². The Morgan fingerprint density at radius 3 is 2.21 bits per heavy atom. The molecule has 0 aliphatic heterocycles. The number of nitrogens with zero attached hydrogens (tertiary/aromatic N) is 1. The van der Waals surface area contributed by atoms with Crippen LogP contribution in [0.5, 0.6) is 0 Å². The zero-order valence-electron chi connectivity index (χ0n) is 20.3. The van der Waals surface area contributed by atoms with Crippen molar-refractivity contribution in [1.82, 2.24) is 15.5 Å². The predicted molar refractivity (Wildman–Crippen MR) is 124 cm³/mol. The van der Waals surface area contributed by atoms with Gasteiger partial charge in [0, 0.05) is 11.6 Å². The lowest BCUT2D eigenvalue weighted by atomic mass is 9.99. The lowest BCUT2D eigenvalue weighted by molar-refractivity contribution is -0.140. The van der Waals surface area contributed by atoms with E-state index in [-0.39, 0.29) is 0 Å². The van der Waals surface area contributed by atoms with Crippen molar-refractivity contribution in [2.24, 2.45) is 5.73 Å². The number of alkyl carbamates (subject to hydrolysis) is 1. The molecule has 2 atom stereocenters. The van der Waals surface area contributed by atoms with E-state index < -0.39 is 53.5 Å². The van der Waals surface area contributed by atoms with Gasteiger partial charge in [0.1, 0.15) is 17.7 Å². The molecule has 4 N–H and O–H groups in total. The molecule has 2 unspecified atom stereocenters. The molecule has 9 nitrogen and oxygen atoms in total. The molecule has 0 heterocycles. The SMILES string of the molecule is C#CN(C(=O)C(CC(N)=O)NC(=O)OC(C)(C)C)C(C(=O)NC(C)(C)C)c1cccc(C)c1. The van der Waals surface area contributed by atoms with Crippen LogP contribution in [0.4, 0.5) is 4.79 Å². The molecular formula is C24H34N4O5. The van der Waals surface area contributed by atoms with Crippen molar-refractivity contribution in [2.75, 3.05) is 0 Å². The van der Waals surface area contributed by atoms with Crippen LogP contribution >= 0.6 is 0 Å². The van der Waals surface area contributed by atoms with Crippen molar-refractivity contribution in [3.63, 3.8) is 0 Å². The molecule has 0 fully saturated rings. The zero-order chi connectivity index (χ0) is 25.6. The standard InChI is InChI=1S/C24H34N4O5/c1-9-28(21(31)17(14-18(25)29)26-22(32)33-24(6,7)8)19(20(30)27-23(3,4)5)16-12-10-11-15(2)13-16/h1,10-13,17,19H,14H2,2-8H3,(H2,25,29)(H,26,32)(H,27,30). The number of benzene rings is 1. The number of ether oxygens (including phenoxy) is 1. The minimum atomic E-state index is -1.43. The molecule has 4 amide bonds. The quantitative estimate of drug-likeness (QED) is 0.426. The average molecular weight is 459 g/mol. The third-order valence-corrected chi connectivity index (χ3v) is 4.13. The lowest BCUT2D eigenvalue weighted by Gasteiger charge is -2.32. The van der Waals surface area contributed by atoms with Crippen molar-refractivity contribution in [3.8, 4) is 12.5 Å². The van der Waals surface area contributed by atoms with Gasteiger partial charge in [0.15, 0.2) is 0 Å². The molecule has 0 saturated carbocycles. The van der Waals surface area contributed by atoms with Crippen LogP contribution < -0.4 is 16.4 Å². The molecule has 9 heteroatoms. The van der Waals surface area contributed by atoms with E-state index in [9.17, 15) is 19.2 Å². The Hall–Kier alpha value is -3.54. The predicted octanol–water partition coefficient (Wildman–Crippen LogP) is 2.14. The van der Waals surface area contributed by atoms with Crippen molar-refractivity contribution in [1.29, 1.82) is 0 Å². The molecule has 0 aliphatic rings. The largest absolute Gasteiger partial charge is 0.444 e. The van der Waals surface area contributed by atoms with Gasteiger partial charge in [0.05, 0.1) is 6.42 Å². The van der Waals surface area contributed by atoms with E-state index >= 15 is 0 Å². The summed E-state index contributed by atoms with van der Waals surface area (Å²) in [5, 5.41) is 5.17. The van der Waals surface area contributed by atoms with Crippen LogP contribution in [0.3, 0.4) is 0 Å². The van der Waals surface area contributed by atoms with Gasteiger partial charge in [-0.15, -0.1) is 0 Å². The summed E-state index contributed by atoms with van der Waals surface area (Å²) in [5.41, 5.74) is 5.17. The third-order valence-electron chi connectivity index (χ3n) is 4.13. The number of aryl methyl sites for hydroxylation is 1. The van der Waals surface area contributed by atoms with Crippen molar-refractivity contribution in [2.45, 2.75) is 78.1 Å². The van der Waals surface area contributed by atoms with E-state index in [1.54, 1.807) is 59.7 Å². The Morgan fingerprint density at radius 2 is 1.76 bits per heavy atom. The fourth-order valence-corrected chi connectivity index (χ4v) is 2.98. The van der Waals surface area contributed by atoms with Gasteiger partial charge < -0.3 is 21.1 Å². The van der Waals surface area contributed by atoms with Crippen molar-refractivity contribution >= 4 is 23.8 Å². The Morgan fingerprint density at radius 1 is 1.15 bits per heavy atom. The number of hydrogen-bond donors (Lipinski definition) is 3. The molecule has 1 aromatic carbocycles. The number of amides is 4. The van der Waals surface area contributed by atoms with Gasteiger partial charge >= 0.3 is 6.09 Å². The molecule has 1 aromatic rings. The summed E-state index contributed by atoms with van der Waals surface area (Å²) in [6, 6.07) is 6.58. The minimum absolute atomic E-state index is 0.471. The Labute approximate surface area is 195 Å². The van der Waals surface area contributed by atoms with Gasteiger partial charge in [-0.1, -0.05) is 36.3 Å². The van der Waals surface area contributed by atoms with E-state index in [2.05, 4.69) is 16.7 Å². The van der Waals surface area contributed by atoms with E-state index in [1.165, 1.54) is 0 Å². The monoisotopic (exact) mass is 458 g/mol. The number of rotatable bonds is 7. The van der Waals surface area contributed by atoms with E-state index in [4.69, 9.17) is 16.9 Å². The molecular weight excluding hydrogens is 424 g/mol. The van der Waals surface area contributed by atoms with Crippen LogP contribution in [-0.4, -0.2) is 45.9 Å². The second kappa shape index (κ2) is 10.9. The van der Waals surface area contributed by atoms with Gasteiger partial charge in [-0.2, -0.15) is 0 Å². The average Bonchev–Trinajstić information content (AvgIpc) is 2.61. The normalized spacial score (nSPS) is 13.2. The highest BCUT2D eigenvalue weighted by Gasteiger charge is 2.37. The van der Waals surface area contributed by atoms with E-state index in [0.29, 0.717) is 5.56 Å². The van der Waals surface area contributed by atoms with Gasteiger partial charge in [0.2, 0.25) is 11.8 Å². The highest BCUT2D eigenvalue weighted by atomic mass is 16.6. The van der Waals surface area contributed by atoms with Crippen LogP contribution in [0.15, 0.2) is 24.3 Å². The Kier molecular flexibility index (Phi) is 9.05. The highest BCUT2D eigenvalue weighted by Crippen LogP contribution is 2.24. The zero-order valence-corrected chi connectivity index (χ0v) is 20.3. The van der Waals surface area contributed by atoms with E-state index in [1.807, 2.05) is 13.0 Å². The van der Waals surface area contributed by atoms with Crippen molar-refractivity contribution < 1.29 is 23.9 Å². The number of primary amides is 1. The first-order chi connectivity index (χ1) is 15.0. The van der Waals surface area contributed by atoms with Gasteiger partial charge in [-0.3, -0.25) is 19.3 Å². The number of hydrogen-bond acceptors (Lipinski definition) is 5. The molecule has 0 aliphatic carbocycles. The minimum Gasteiger partial charge on any atom is -0.444 e. The molecule has 0 aromatic heterocycles. The second-order valence-electron chi connectivity index (χ2n) is 9.76. The number of nitrogens with two attached hydrogens (primary N) is 1. The maximum Gasteiger partial charge on any atom is 0.408 e. The second-order valence-corrected chi connectivity index (χ2v) is 9.76. The van der Waals surface area contributed by atoms with Crippen LogP contribution in [0.25, 0.3) is 0 Å². The molecule has 0 saturated heterocycles. The van der Waals surface area contributed by atoms with Crippen molar-refractivity contribution in [3.05, 3.63) is 35.4 Å². The number of carbonyl (C=O) groups is 4. The van der Waals surface area contributed by atoms with Crippen LogP contribution in [-0.2, 0) is 19.1 Å². The van der Waals surface area contributed by atoms with Gasteiger partial charge in [-0.25, -0.2) is 4.79 Å². The van der Waals surface area contributed by atoms with Crippen LogP contribution in [0, 0.1) is 19.4 Å². The third kappa shape index (κ3) is 9.23. The summed E-state index contributed by atoms with van der Waals surface area (Å²) >= 11 is 0.